The fraction of sp³-hybridized carbons (Fsp3) is 0.200. The van der Waals surface area contributed by atoms with E-state index in [2.05, 4.69) is 4.98 Å². The van der Waals surface area contributed by atoms with Crippen LogP contribution in [0, 0.1) is 0 Å². The van der Waals surface area contributed by atoms with Crippen LogP contribution in [0.25, 0.3) is 0 Å². The molecule has 0 aliphatic carbocycles. The minimum Gasteiger partial charge on any atom is -0.494 e. The monoisotopic (exact) mass is 273 g/mol. The zero-order valence-electron chi connectivity index (χ0n) is 11.1. The molecule has 0 aliphatic heterocycles. The molecular weight excluding hydrogens is 258 g/mol. The molecular formula is C15H15NO4. The summed E-state index contributed by atoms with van der Waals surface area (Å²) in [7, 11) is 0. The van der Waals surface area contributed by atoms with E-state index >= 15 is 0 Å². The van der Waals surface area contributed by atoms with E-state index < -0.39 is 5.97 Å². The Kier molecular flexibility index (Phi) is 4.55. The van der Waals surface area contributed by atoms with Crippen molar-refractivity contribution < 1.29 is 19.4 Å². The van der Waals surface area contributed by atoms with E-state index in [9.17, 15) is 4.79 Å². The topological polar surface area (TPSA) is 68.7 Å². The van der Waals surface area contributed by atoms with Crippen LogP contribution in [-0.2, 0) is 6.61 Å². The molecule has 1 heterocycles. The van der Waals surface area contributed by atoms with Crippen LogP contribution in [-0.4, -0.2) is 22.7 Å². The Labute approximate surface area is 116 Å². The number of ether oxygens (including phenoxy) is 2. The summed E-state index contributed by atoms with van der Waals surface area (Å²) in [6.07, 6.45) is 0. The van der Waals surface area contributed by atoms with Gasteiger partial charge >= 0.3 is 5.97 Å². The second-order valence-corrected chi connectivity index (χ2v) is 4.02. The van der Waals surface area contributed by atoms with Gasteiger partial charge in [0.15, 0.2) is 0 Å². The third-order valence-electron chi connectivity index (χ3n) is 2.53. The smallest absolute Gasteiger partial charge is 0.354 e. The third-order valence-corrected chi connectivity index (χ3v) is 2.53. The number of rotatable bonds is 6. The Morgan fingerprint density at radius 3 is 2.55 bits per heavy atom. The number of nitrogens with zero attached hydrogens (tertiary/aromatic N) is 1. The Hall–Kier alpha value is -2.56. The van der Waals surface area contributed by atoms with E-state index in [-0.39, 0.29) is 12.3 Å². The van der Waals surface area contributed by atoms with Crippen LogP contribution >= 0.6 is 0 Å². The van der Waals surface area contributed by atoms with Crippen molar-refractivity contribution in [2.45, 2.75) is 13.5 Å². The number of carboxylic acids is 1. The molecule has 1 aromatic carbocycles. The van der Waals surface area contributed by atoms with E-state index in [1.165, 1.54) is 6.07 Å². The minimum absolute atomic E-state index is 0.00849. The number of carboxylic acid groups (broad SMARTS) is 1. The molecule has 0 bridgehead atoms. The van der Waals surface area contributed by atoms with Crippen molar-refractivity contribution in [1.82, 2.24) is 4.98 Å². The van der Waals surface area contributed by atoms with Crippen LogP contribution in [0.2, 0.25) is 0 Å². The summed E-state index contributed by atoms with van der Waals surface area (Å²) in [4.78, 5) is 14.8. The Morgan fingerprint density at radius 2 is 1.85 bits per heavy atom. The first-order valence-electron chi connectivity index (χ1n) is 6.24. The number of aromatic nitrogens is 1. The molecule has 5 nitrogen and oxygen atoms in total. The van der Waals surface area contributed by atoms with Crippen LogP contribution in [0.5, 0.6) is 11.5 Å². The van der Waals surface area contributed by atoms with Crippen molar-refractivity contribution in [3.8, 4) is 11.5 Å². The van der Waals surface area contributed by atoms with E-state index in [1.807, 2.05) is 25.1 Å². The quantitative estimate of drug-likeness (QED) is 0.876. The lowest BCUT2D eigenvalue weighted by Crippen LogP contribution is -2.05. The van der Waals surface area contributed by atoms with Gasteiger partial charge in [0.05, 0.1) is 12.3 Å². The van der Waals surface area contributed by atoms with Gasteiger partial charge in [0.1, 0.15) is 23.8 Å². The highest BCUT2D eigenvalue weighted by Crippen LogP contribution is 2.20. The molecule has 5 heteroatoms. The second kappa shape index (κ2) is 6.56. The number of benzene rings is 1. The maximum atomic E-state index is 10.8. The van der Waals surface area contributed by atoms with Crippen molar-refractivity contribution in [2.24, 2.45) is 0 Å². The van der Waals surface area contributed by atoms with E-state index in [4.69, 9.17) is 14.6 Å². The van der Waals surface area contributed by atoms with Gasteiger partial charge in [-0.3, -0.25) is 0 Å². The van der Waals surface area contributed by atoms with Gasteiger partial charge in [0.2, 0.25) is 0 Å². The summed E-state index contributed by atoms with van der Waals surface area (Å²) in [5.41, 5.74) is 0.570. The lowest BCUT2D eigenvalue weighted by molar-refractivity contribution is 0.0690. The summed E-state index contributed by atoms with van der Waals surface area (Å²) < 4.78 is 11.0. The van der Waals surface area contributed by atoms with Gasteiger partial charge in [0.25, 0.3) is 0 Å². The first kappa shape index (κ1) is 13.9. The number of carbonyl (C=O) groups is 1. The number of pyridine rings is 1. The molecule has 0 fully saturated rings. The lowest BCUT2D eigenvalue weighted by atomic mass is 10.3. The molecule has 20 heavy (non-hydrogen) atoms. The molecule has 2 rings (SSSR count). The predicted molar refractivity (Wildman–Crippen MR) is 73.1 cm³/mol. The van der Waals surface area contributed by atoms with Crippen molar-refractivity contribution in [3.05, 3.63) is 53.9 Å². The number of aromatic carboxylic acids is 1. The van der Waals surface area contributed by atoms with E-state index in [0.717, 1.165) is 5.75 Å². The maximum Gasteiger partial charge on any atom is 0.354 e. The average molecular weight is 273 g/mol. The van der Waals surface area contributed by atoms with Gasteiger partial charge in [0, 0.05) is 6.07 Å². The van der Waals surface area contributed by atoms with E-state index in [1.54, 1.807) is 18.2 Å². The van der Waals surface area contributed by atoms with Crippen LogP contribution in [0.1, 0.15) is 23.1 Å². The van der Waals surface area contributed by atoms with Crippen molar-refractivity contribution in [2.75, 3.05) is 6.61 Å². The Balaban J connectivity index is 2.03. The summed E-state index contributed by atoms with van der Waals surface area (Å²) >= 11 is 0. The standard InChI is InChI=1S/C15H15NO4/c1-2-19-12-6-4-7-13(9-12)20-10-11-5-3-8-14(16-11)15(17)18/h3-9H,2,10H2,1H3,(H,17,18). The summed E-state index contributed by atoms with van der Waals surface area (Å²) in [5.74, 6) is 0.334. The fourth-order valence-electron chi connectivity index (χ4n) is 1.66. The minimum atomic E-state index is -1.05. The number of hydrogen-bond acceptors (Lipinski definition) is 4. The molecule has 0 saturated heterocycles. The zero-order chi connectivity index (χ0) is 14.4. The van der Waals surface area contributed by atoms with Crippen molar-refractivity contribution >= 4 is 5.97 Å². The van der Waals surface area contributed by atoms with Crippen LogP contribution in [0.3, 0.4) is 0 Å². The molecule has 0 saturated carbocycles. The molecule has 0 spiro atoms. The van der Waals surface area contributed by atoms with Gasteiger partial charge in [-0.25, -0.2) is 9.78 Å². The SMILES string of the molecule is CCOc1cccc(OCc2cccc(C(=O)O)n2)c1. The highest BCUT2D eigenvalue weighted by Gasteiger charge is 2.05. The van der Waals surface area contributed by atoms with Gasteiger partial charge in [-0.05, 0) is 31.2 Å². The summed E-state index contributed by atoms with van der Waals surface area (Å²) in [5, 5.41) is 8.87. The van der Waals surface area contributed by atoms with E-state index in [0.29, 0.717) is 18.1 Å². The summed E-state index contributed by atoms with van der Waals surface area (Å²) in [6, 6.07) is 12.1. The van der Waals surface area contributed by atoms with Gasteiger partial charge in [-0.2, -0.15) is 0 Å². The predicted octanol–water partition coefficient (Wildman–Crippen LogP) is 2.76. The molecule has 1 N–H and O–H groups in total. The average Bonchev–Trinajstić information content (AvgIpc) is 2.46. The van der Waals surface area contributed by atoms with Crippen LogP contribution < -0.4 is 9.47 Å². The first-order chi connectivity index (χ1) is 9.69. The Morgan fingerprint density at radius 1 is 1.15 bits per heavy atom. The lowest BCUT2D eigenvalue weighted by Gasteiger charge is -2.08. The molecule has 0 aliphatic rings. The van der Waals surface area contributed by atoms with Crippen molar-refractivity contribution in [3.63, 3.8) is 0 Å². The second-order valence-electron chi connectivity index (χ2n) is 4.02. The summed E-state index contributed by atoms with van der Waals surface area (Å²) in [6.45, 7) is 2.71. The van der Waals surface area contributed by atoms with Gasteiger partial charge in [-0.1, -0.05) is 12.1 Å². The zero-order valence-corrected chi connectivity index (χ0v) is 11.1. The molecule has 1 aromatic heterocycles. The largest absolute Gasteiger partial charge is 0.494 e. The molecule has 0 amide bonds. The molecule has 0 radical (unpaired) electrons. The third kappa shape index (κ3) is 3.71. The highest BCUT2D eigenvalue weighted by atomic mass is 16.5. The van der Waals surface area contributed by atoms with Crippen LogP contribution in [0.4, 0.5) is 0 Å². The molecule has 0 unspecified atom stereocenters. The fourth-order valence-corrected chi connectivity index (χ4v) is 1.66. The highest BCUT2D eigenvalue weighted by molar-refractivity contribution is 5.85. The molecule has 104 valence electrons. The van der Waals surface area contributed by atoms with Crippen LogP contribution in [0.15, 0.2) is 42.5 Å². The first-order valence-corrected chi connectivity index (χ1v) is 6.24. The molecule has 0 atom stereocenters. The Bertz CT molecular complexity index is 598. The van der Waals surface area contributed by atoms with Crippen molar-refractivity contribution in [1.29, 1.82) is 0 Å². The van der Waals surface area contributed by atoms with Gasteiger partial charge < -0.3 is 14.6 Å². The number of hydrogen-bond donors (Lipinski definition) is 1. The maximum absolute atomic E-state index is 10.8. The normalized spacial score (nSPS) is 10.1. The van der Waals surface area contributed by atoms with Gasteiger partial charge in [-0.15, -0.1) is 0 Å². The molecule has 2 aromatic rings.